The van der Waals surface area contributed by atoms with Gasteiger partial charge >= 0.3 is 24.2 Å². The lowest BCUT2D eigenvalue weighted by Gasteiger charge is -2.40. The van der Waals surface area contributed by atoms with Gasteiger partial charge in [-0.15, -0.1) is 0 Å². The van der Waals surface area contributed by atoms with Gasteiger partial charge in [0.1, 0.15) is 12.7 Å². The molecule has 0 radical (unpaired) electrons. The number of esters is 1. The Hall–Kier alpha value is -3.11. The molecule has 0 aromatic rings. The van der Waals surface area contributed by atoms with E-state index in [9.17, 15) is 42.6 Å². The SMILES string of the molecule is CC(=O)N[C@H]1[C@H]([C@H](OC(=O)NCCCCCCN)[C@H](O)COC(=O)C(F)(F)F)OC(C(=O)O)=C[C@@H]1N. The third-order valence-corrected chi connectivity index (χ3v) is 4.92. The Morgan fingerprint density at radius 3 is 2.39 bits per heavy atom. The first-order chi connectivity index (χ1) is 16.8. The first-order valence-electron chi connectivity index (χ1n) is 11.0. The maximum absolute atomic E-state index is 12.5. The normalized spacial score (nSPS) is 21.3. The van der Waals surface area contributed by atoms with Gasteiger partial charge in [-0.25, -0.2) is 14.4 Å². The van der Waals surface area contributed by atoms with Crippen LogP contribution >= 0.6 is 0 Å². The fourth-order valence-corrected chi connectivity index (χ4v) is 3.24. The Kier molecular flexibility index (Phi) is 12.4. The fourth-order valence-electron chi connectivity index (χ4n) is 3.24. The molecule has 206 valence electrons. The van der Waals surface area contributed by atoms with Crippen molar-refractivity contribution >= 4 is 23.9 Å². The number of alkyl carbamates (subject to hydrolysis) is 1. The van der Waals surface area contributed by atoms with Crippen molar-refractivity contribution in [3.05, 3.63) is 11.8 Å². The first kappa shape index (κ1) is 30.9. The minimum absolute atomic E-state index is 0.135. The third kappa shape index (κ3) is 10.2. The summed E-state index contributed by atoms with van der Waals surface area (Å²) in [5.74, 6) is -5.58. The summed E-state index contributed by atoms with van der Waals surface area (Å²) in [5, 5.41) is 24.5. The molecular weight excluding hydrogens is 497 g/mol. The lowest BCUT2D eigenvalue weighted by atomic mass is 9.92. The molecule has 0 aliphatic carbocycles. The summed E-state index contributed by atoms with van der Waals surface area (Å²) in [4.78, 5) is 46.5. The number of aliphatic carboxylic acids is 1. The number of carboxylic acids is 1. The van der Waals surface area contributed by atoms with Crippen molar-refractivity contribution in [2.24, 2.45) is 11.5 Å². The van der Waals surface area contributed by atoms with Crippen LogP contribution in [0.5, 0.6) is 0 Å². The molecule has 1 aliphatic heterocycles. The molecule has 1 rings (SSSR count). The van der Waals surface area contributed by atoms with E-state index >= 15 is 0 Å². The van der Waals surface area contributed by atoms with Gasteiger partial charge in [-0.1, -0.05) is 12.8 Å². The lowest BCUT2D eigenvalue weighted by Crippen LogP contribution is -2.63. The van der Waals surface area contributed by atoms with E-state index in [1.54, 1.807) is 0 Å². The molecule has 0 unspecified atom stereocenters. The summed E-state index contributed by atoms with van der Waals surface area (Å²) in [6, 6.07) is -2.51. The van der Waals surface area contributed by atoms with Crippen molar-refractivity contribution in [3.63, 3.8) is 0 Å². The van der Waals surface area contributed by atoms with Gasteiger partial charge in [-0.05, 0) is 25.5 Å². The van der Waals surface area contributed by atoms with Gasteiger partial charge in [-0.3, -0.25) is 4.79 Å². The summed E-state index contributed by atoms with van der Waals surface area (Å²) in [7, 11) is 0. The number of rotatable bonds is 13. The van der Waals surface area contributed by atoms with E-state index in [2.05, 4.69) is 15.4 Å². The van der Waals surface area contributed by atoms with Crippen molar-refractivity contribution in [1.82, 2.24) is 10.6 Å². The van der Waals surface area contributed by atoms with Gasteiger partial charge in [0.25, 0.3) is 0 Å². The molecule has 0 aromatic carbocycles. The largest absolute Gasteiger partial charge is 0.490 e. The highest BCUT2D eigenvalue weighted by Gasteiger charge is 2.47. The Labute approximate surface area is 204 Å². The Morgan fingerprint density at radius 1 is 1.19 bits per heavy atom. The standard InChI is InChI=1S/C20H31F3N4O9/c1-10(28)27-14-11(25)8-13(17(30)31)35-16(14)15(12(29)9-34-18(32)20(21,22)23)36-19(33)26-7-5-3-2-4-6-24/h8,11-12,14-16,29H,2-7,9,24-25H2,1H3,(H,26,33)(H,27,28)(H,30,31)/t11-,12+,14+,15+,16+/m0/s1. The van der Waals surface area contributed by atoms with Crippen LogP contribution < -0.4 is 22.1 Å². The molecule has 1 heterocycles. The number of aliphatic hydroxyl groups excluding tert-OH is 1. The predicted molar refractivity (Wildman–Crippen MR) is 115 cm³/mol. The van der Waals surface area contributed by atoms with Crippen LogP contribution in [0.3, 0.4) is 0 Å². The smallest absolute Gasteiger partial charge is 0.477 e. The Morgan fingerprint density at radius 2 is 1.83 bits per heavy atom. The maximum atomic E-state index is 12.5. The van der Waals surface area contributed by atoms with E-state index < -0.39 is 72.9 Å². The molecule has 36 heavy (non-hydrogen) atoms. The second kappa shape index (κ2) is 14.4. The highest BCUT2D eigenvalue weighted by molar-refractivity contribution is 5.85. The number of nitrogens with two attached hydrogens (primary N) is 2. The van der Waals surface area contributed by atoms with Crippen LogP contribution in [-0.2, 0) is 28.6 Å². The zero-order valence-electron chi connectivity index (χ0n) is 19.5. The summed E-state index contributed by atoms with van der Waals surface area (Å²) in [5.41, 5.74) is 11.3. The number of unbranched alkanes of at least 4 members (excludes halogenated alkanes) is 3. The van der Waals surface area contributed by atoms with Crippen LogP contribution in [0.1, 0.15) is 32.6 Å². The van der Waals surface area contributed by atoms with Crippen LogP contribution in [0.15, 0.2) is 11.8 Å². The molecule has 8 N–H and O–H groups in total. The van der Waals surface area contributed by atoms with Crippen molar-refractivity contribution in [1.29, 1.82) is 0 Å². The quantitative estimate of drug-likeness (QED) is 0.129. The minimum Gasteiger partial charge on any atom is -0.477 e. The van der Waals surface area contributed by atoms with Crippen LogP contribution in [0, 0.1) is 0 Å². The van der Waals surface area contributed by atoms with Crippen LogP contribution in [0.25, 0.3) is 0 Å². The van der Waals surface area contributed by atoms with Gasteiger partial charge < -0.3 is 46.5 Å². The average Bonchev–Trinajstić information content (AvgIpc) is 2.78. The fraction of sp³-hybridized carbons (Fsp3) is 0.700. The number of ether oxygens (including phenoxy) is 3. The Bertz CT molecular complexity index is 810. The number of hydrogen-bond acceptors (Lipinski definition) is 10. The molecule has 0 aromatic heterocycles. The second-order valence-corrected chi connectivity index (χ2v) is 7.89. The van der Waals surface area contributed by atoms with Gasteiger partial charge in [0.15, 0.2) is 12.2 Å². The van der Waals surface area contributed by atoms with Crippen LogP contribution in [0.4, 0.5) is 18.0 Å². The van der Waals surface area contributed by atoms with Gasteiger partial charge in [0.05, 0.1) is 12.1 Å². The van der Waals surface area contributed by atoms with E-state index in [4.69, 9.17) is 20.9 Å². The summed E-state index contributed by atoms with van der Waals surface area (Å²) in [6.45, 7) is 0.438. The summed E-state index contributed by atoms with van der Waals surface area (Å²) < 4.78 is 51.9. The lowest BCUT2D eigenvalue weighted by molar-refractivity contribution is -0.204. The highest BCUT2D eigenvalue weighted by Crippen LogP contribution is 2.25. The van der Waals surface area contributed by atoms with Crippen molar-refractivity contribution < 1.29 is 56.8 Å². The number of amides is 2. The van der Waals surface area contributed by atoms with Gasteiger partial charge in [0, 0.05) is 13.5 Å². The third-order valence-electron chi connectivity index (χ3n) is 4.92. The summed E-state index contributed by atoms with van der Waals surface area (Å²) in [6.07, 6.45) is -8.41. The molecule has 0 saturated heterocycles. The number of alkyl halides is 3. The monoisotopic (exact) mass is 528 g/mol. The minimum atomic E-state index is -5.36. The molecule has 16 heteroatoms. The molecule has 0 saturated carbocycles. The second-order valence-electron chi connectivity index (χ2n) is 7.89. The number of hydrogen-bond donors (Lipinski definition) is 6. The highest BCUT2D eigenvalue weighted by atomic mass is 19.4. The number of nitrogens with one attached hydrogen (secondary N) is 2. The Balaban J connectivity index is 3.10. The molecule has 0 fully saturated rings. The first-order valence-corrected chi connectivity index (χ1v) is 11.0. The van der Waals surface area contributed by atoms with E-state index in [1.165, 1.54) is 0 Å². The molecular formula is C20H31F3N4O9. The van der Waals surface area contributed by atoms with Crippen LogP contribution in [0.2, 0.25) is 0 Å². The molecule has 13 nitrogen and oxygen atoms in total. The topological polar surface area (TPSA) is 213 Å². The van der Waals surface area contributed by atoms with E-state index in [1.807, 2.05) is 0 Å². The van der Waals surface area contributed by atoms with Crippen LogP contribution in [-0.4, -0.2) is 90.4 Å². The molecule has 5 atom stereocenters. The van der Waals surface area contributed by atoms with Crippen molar-refractivity contribution in [2.75, 3.05) is 19.7 Å². The maximum Gasteiger partial charge on any atom is 0.490 e. The molecule has 0 bridgehead atoms. The zero-order valence-corrected chi connectivity index (χ0v) is 19.5. The molecule has 0 spiro atoms. The van der Waals surface area contributed by atoms with E-state index in [-0.39, 0.29) is 6.54 Å². The predicted octanol–water partition coefficient (Wildman–Crippen LogP) is -0.734. The number of aliphatic hydroxyl groups is 1. The zero-order chi connectivity index (χ0) is 27.5. The number of carboxylic acid groups (broad SMARTS) is 1. The number of halogens is 3. The molecule has 1 aliphatic rings. The average molecular weight is 528 g/mol. The molecule has 2 amide bonds. The van der Waals surface area contributed by atoms with Crippen molar-refractivity contribution in [3.8, 4) is 0 Å². The van der Waals surface area contributed by atoms with E-state index in [0.717, 1.165) is 32.3 Å². The van der Waals surface area contributed by atoms with Crippen molar-refractivity contribution in [2.45, 2.75) is 69.2 Å². The van der Waals surface area contributed by atoms with Gasteiger partial charge in [-0.2, -0.15) is 13.2 Å². The van der Waals surface area contributed by atoms with Gasteiger partial charge in [0.2, 0.25) is 11.7 Å². The van der Waals surface area contributed by atoms with E-state index in [0.29, 0.717) is 13.0 Å². The summed E-state index contributed by atoms with van der Waals surface area (Å²) >= 11 is 0. The number of carbonyl (C=O) groups excluding carboxylic acids is 3. The number of carbonyl (C=O) groups is 4.